The molecule has 0 aromatic carbocycles. The van der Waals surface area contributed by atoms with Gasteiger partial charge in [-0.15, -0.1) is 0 Å². The first-order chi connectivity index (χ1) is 9.19. The summed E-state index contributed by atoms with van der Waals surface area (Å²) in [5, 5.41) is 11.9. The van der Waals surface area contributed by atoms with Crippen LogP contribution in [0.2, 0.25) is 0 Å². The maximum Gasteiger partial charge on any atom is 0.335 e. The van der Waals surface area contributed by atoms with Crippen LogP contribution in [0.4, 0.5) is 5.82 Å². The summed E-state index contributed by atoms with van der Waals surface area (Å²) in [5.41, 5.74) is 1.15. The average molecular weight is 259 g/mol. The molecule has 0 bridgehead atoms. The fraction of sp³-hybridized carbons (Fsp3) is 0.154. The fourth-order valence-electron chi connectivity index (χ4n) is 1.49. The van der Waals surface area contributed by atoms with Gasteiger partial charge in [-0.3, -0.25) is 0 Å². The molecule has 2 rings (SSSR count). The van der Waals surface area contributed by atoms with Gasteiger partial charge in [-0.2, -0.15) is 0 Å². The maximum absolute atomic E-state index is 10.8. The van der Waals surface area contributed by atoms with E-state index in [2.05, 4.69) is 15.3 Å². The molecule has 0 aliphatic heterocycles. The number of anilines is 1. The summed E-state index contributed by atoms with van der Waals surface area (Å²) in [6.45, 7) is 0.507. The Morgan fingerprint density at radius 2 is 2.21 bits per heavy atom. The normalized spacial score (nSPS) is 9.95. The van der Waals surface area contributed by atoms with E-state index in [1.54, 1.807) is 19.4 Å². The predicted molar refractivity (Wildman–Crippen MR) is 69.3 cm³/mol. The van der Waals surface area contributed by atoms with E-state index in [0.717, 1.165) is 5.56 Å². The zero-order valence-corrected chi connectivity index (χ0v) is 10.3. The summed E-state index contributed by atoms with van der Waals surface area (Å²) in [7, 11) is 1.56. The van der Waals surface area contributed by atoms with Crippen molar-refractivity contribution >= 4 is 11.8 Å². The van der Waals surface area contributed by atoms with Gasteiger partial charge >= 0.3 is 5.97 Å². The fourth-order valence-corrected chi connectivity index (χ4v) is 1.49. The Morgan fingerprint density at radius 3 is 2.84 bits per heavy atom. The topological polar surface area (TPSA) is 84.3 Å². The van der Waals surface area contributed by atoms with Gasteiger partial charge in [-0.05, 0) is 17.7 Å². The van der Waals surface area contributed by atoms with Crippen LogP contribution < -0.4 is 10.1 Å². The number of carbonyl (C=O) groups is 1. The Balaban J connectivity index is 2.01. The van der Waals surface area contributed by atoms with Gasteiger partial charge in [0, 0.05) is 25.0 Å². The van der Waals surface area contributed by atoms with E-state index < -0.39 is 5.97 Å². The van der Waals surface area contributed by atoms with E-state index in [4.69, 9.17) is 9.84 Å². The quantitative estimate of drug-likeness (QED) is 0.851. The number of aromatic carboxylic acids is 1. The third-order valence-corrected chi connectivity index (χ3v) is 2.49. The minimum atomic E-state index is -0.975. The number of ether oxygens (including phenoxy) is 1. The van der Waals surface area contributed by atoms with Crippen LogP contribution >= 0.6 is 0 Å². The Labute approximate surface area is 110 Å². The van der Waals surface area contributed by atoms with Crippen LogP contribution in [-0.2, 0) is 6.54 Å². The van der Waals surface area contributed by atoms with E-state index >= 15 is 0 Å². The van der Waals surface area contributed by atoms with Gasteiger partial charge in [0.05, 0.1) is 12.7 Å². The SMILES string of the molecule is COc1ccc(CNc2cc(C(=O)O)ccn2)cn1. The highest BCUT2D eigenvalue weighted by Crippen LogP contribution is 2.10. The molecule has 98 valence electrons. The monoisotopic (exact) mass is 259 g/mol. The van der Waals surface area contributed by atoms with Gasteiger partial charge < -0.3 is 15.2 Å². The third kappa shape index (κ3) is 3.41. The van der Waals surface area contributed by atoms with Gasteiger partial charge in [-0.1, -0.05) is 6.07 Å². The molecule has 0 atom stereocenters. The highest BCUT2D eigenvalue weighted by atomic mass is 16.5. The number of carboxylic acid groups (broad SMARTS) is 1. The van der Waals surface area contributed by atoms with Crippen molar-refractivity contribution in [1.29, 1.82) is 0 Å². The number of methoxy groups -OCH3 is 1. The third-order valence-electron chi connectivity index (χ3n) is 2.49. The van der Waals surface area contributed by atoms with Crippen LogP contribution in [0.25, 0.3) is 0 Å². The number of rotatable bonds is 5. The van der Waals surface area contributed by atoms with Gasteiger partial charge in [0.2, 0.25) is 5.88 Å². The lowest BCUT2D eigenvalue weighted by Gasteiger charge is -2.06. The van der Waals surface area contributed by atoms with E-state index in [1.165, 1.54) is 18.3 Å². The van der Waals surface area contributed by atoms with Crippen molar-refractivity contribution < 1.29 is 14.6 Å². The Morgan fingerprint density at radius 1 is 1.37 bits per heavy atom. The van der Waals surface area contributed by atoms with Gasteiger partial charge in [0.1, 0.15) is 5.82 Å². The largest absolute Gasteiger partial charge is 0.481 e. The minimum absolute atomic E-state index is 0.199. The van der Waals surface area contributed by atoms with E-state index in [1.807, 2.05) is 6.07 Å². The maximum atomic E-state index is 10.8. The zero-order valence-electron chi connectivity index (χ0n) is 10.3. The first-order valence-electron chi connectivity index (χ1n) is 5.61. The number of carboxylic acids is 1. The molecule has 6 heteroatoms. The first-order valence-corrected chi connectivity index (χ1v) is 5.61. The molecular weight excluding hydrogens is 246 g/mol. The lowest BCUT2D eigenvalue weighted by Crippen LogP contribution is -2.04. The van der Waals surface area contributed by atoms with Crippen molar-refractivity contribution in [1.82, 2.24) is 9.97 Å². The Bertz CT molecular complexity index is 570. The molecule has 6 nitrogen and oxygen atoms in total. The standard InChI is InChI=1S/C13H13N3O3/c1-19-12-3-2-9(8-16-12)7-15-11-6-10(13(17)18)4-5-14-11/h2-6,8H,7H2,1H3,(H,14,15)(H,17,18). The summed E-state index contributed by atoms with van der Waals surface area (Å²) >= 11 is 0. The second-order valence-corrected chi connectivity index (χ2v) is 3.80. The van der Waals surface area contributed by atoms with Crippen LogP contribution in [-0.4, -0.2) is 28.2 Å². The molecule has 0 unspecified atom stereocenters. The molecule has 0 radical (unpaired) electrons. The molecule has 0 aliphatic carbocycles. The molecule has 0 aliphatic rings. The van der Waals surface area contributed by atoms with Crippen molar-refractivity contribution in [3.8, 4) is 5.88 Å². The molecule has 2 aromatic rings. The average Bonchev–Trinajstić information content (AvgIpc) is 2.46. The lowest BCUT2D eigenvalue weighted by atomic mass is 10.2. The summed E-state index contributed by atoms with van der Waals surface area (Å²) in [4.78, 5) is 18.9. The molecule has 2 aromatic heterocycles. The van der Waals surface area contributed by atoms with Crippen LogP contribution in [0.1, 0.15) is 15.9 Å². The van der Waals surface area contributed by atoms with Crippen molar-refractivity contribution in [3.05, 3.63) is 47.8 Å². The predicted octanol–water partition coefficient (Wildman–Crippen LogP) is 1.80. The van der Waals surface area contributed by atoms with Crippen LogP contribution in [0.5, 0.6) is 5.88 Å². The summed E-state index contributed by atoms with van der Waals surface area (Å²) in [6.07, 6.45) is 3.14. The molecular formula is C13H13N3O3. The van der Waals surface area contributed by atoms with Crippen LogP contribution in [0.15, 0.2) is 36.7 Å². The van der Waals surface area contributed by atoms with E-state index in [-0.39, 0.29) is 5.56 Å². The lowest BCUT2D eigenvalue weighted by molar-refractivity contribution is 0.0697. The van der Waals surface area contributed by atoms with Gasteiger partial charge in [0.15, 0.2) is 0 Å². The molecule has 2 N–H and O–H groups in total. The number of nitrogens with zero attached hydrogens (tertiary/aromatic N) is 2. The second-order valence-electron chi connectivity index (χ2n) is 3.80. The first kappa shape index (κ1) is 12.8. The smallest absolute Gasteiger partial charge is 0.335 e. The van der Waals surface area contributed by atoms with Crippen molar-refractivity contribution in [2.24, 2.45) is 0 Å². The second kappa shape index (κ2) is 5.81. The summed E-state index contributed by atoms with van der Waals surface area (Å²) in [5.74, 6) is 0.0852. The molecule has 0 fully saturated rings. The van der Waals surface area contributed by atoms with Gasteiger partial charge in [-0.25, -0.2) is 14.8 Å². The molecule has 0 spiro atoms. The molecule has 19 heavy (non-hydrogen) atoms. The number of pyridine rings is 2. The van der Waals surface area contributed by atoms with E-state index in [0.29, 0.717) is 18.2 Å². The Hall–Kier alpha value is -2.63. The highest BCUT2D eigenvalue weighted by Gasteiger charge is 2.04. The number of nitrogens with one attached hydrogen (secondary N) is 1. The molecule has 0 amide bonds. The molecule has 0 saturated heterocycles. The van der Waals surface area contributed by atoms with Crippen LogP contribution in [0, 0.1) is 0 Å². The molecule has 2 heterocycles. The van der Waals surface area contributed by atoms with Gasteiger partial charge in [0.25, 0.3) is 0 Å². The van der Waals surface area contributed by atoms with Crippen molar-refractivity contribution in [2.75, 3.05) is 12.4 Å². The van der Waals surface area contributed by atoms with Crippen molar-refractivity contribution in [3.63, 3.8) is 0 Å². The van der Waals surface area contributed by atoms with Crippen LogP contribution in [0.3, 0.4) is 0 Å². The number of hydrogen-bond donors (Lipinski definition) is 2. The number of hydrogen-bond acceptors (Lipinski definition) is 5. The Kier molecular flexibility index (Phi) is 3.92. The van der Waals surface area contributed by atoms with E-state index in [9.17, 15) is 4.79 Å². The summed E-state index contributed by atoms with van der Waals surface area (Å²) in [6, 6.07) is 6.57. The van der Waals surface area contributed by atoms with Crippen molar-refractivity contribution in [2.45, 2.75) is 6.54 Å². The zero-order chi connectivity index (χ0) is 13.7. The number of aromatic nitrogens is 2. The summed E-state index contributed by atoms with van der Waals surface area (Å²) < 4.78 is 4.96. The minimum Gasteiger partial charge on any atom is -0.481 e. The highest BCUT2D eigenvalue weighted by molar-refractivity contribution is 5.88. The molecule has 0 saturated carbocycles.